The molecule has 3 N–H and O–H groups in total. The first-order chi connectivity index (χ1) is 16.4. The number of carboxylic acid groups (broad SMARTS) is 1. The van der Waals surface area contributed by atoms with E-state index in [-0.39, 0.29) is 17.1 Å². The number of hydrogen-bond donors (Lipinski definition) is 3. The monoisotopic (exact) mass is 461 g/mol. The van der Waals surface area contributed by atoms with E-state index in [0.29, 0.717) is 35.9 Å². The zero-order valence-electron chi connectivity index (χ0n) is 19.2. The number of hydrogen-bond acceptors (Lipinski definition) is 4. The first-order valence-corrected chi connectivity index (χ1v) is 12.2. The van der Waals surface area contributed by atoms with E-state index in [1.54, 1.807) is 40.9 Å². The Balaban J connectivity index is 1.39. The molecule has 1 unspecified atom stereocenters. The van der Waals surface area contributed by atoms with Crippen molar-refractivity contribution in [2.75, 3.05) is 6.54 Å². The van der Waals surface area contributed by atoms with Gasteiger partial charge in [0.05, 0.1) is 5.69 Å². The zero-order chi connectivity index (χ0) is 23.7. The molecule has 1 amide bonds. The molecule has 7 nitrogen and oxygen atoms in total. The van der Waals surface area contributed by atoms with Crippen molar-refractivity contribution in [3.05, 3.63) is 65.6 Å². The molecular formula is C27H31N3O4. The number of nitrogens with zero attached hydrogens (tertiary/aromatic N) is 2. The number of carbonyl (C=O) groups is 2. The van der Waals surface area contributed by atoms with Crippen LogP contribution in [0, 0.1) is 5.92 Å². The van der Waals surface area contributed by atoms with E-state index in [1.807, 2.05) is 12.1 Å². The summed E-state index contributed by atoms with van der Waals surface area (Å²) in [5.41, 5.74) is 2.51. The fraction of sp³-hybridized carbons (Fsp3) is 0.444. The van der Waals surface area contributed by atoms with Crippen LogP contribution >= 0.6 is 0 Å². The van der Waals surface area contributed by atoms with Gasteiger partial charge in [-0.05, 0) is 55.0 Å². The summed E-state index contributed by atoms with van der Waals surface area (Å²) in [4.78, 5) is 29.8. The number of fused-ring (bicyclic) bond motifs is 1. The molecule has 2 aliphatic rings. The van der Waals surface area contributed by atoms with Gasteiger partial charge in [0.2, 0.25) is 0 Å². The van der Waals surface area contributed by atoms with Crippen molar-refractivity contribution in [3.8, 4) is 5.75 Å². The molecule has 1 aromatic carbocycles. The van der Waals surface area contributed by atoms with Crippen LogP contribution in [0.2, 0.25) is 0 Å². The Labute approximate surface area is 198 Å². The van der Waals surface area contributed by atoms with Crippen LogP contribution in [0.5, 0.6) is 5.75 Å². The summed E-state index contributed by atoms with van der Waals surface area (Å²) in [6.07, 6.45) is 9.83. The highest BCUT2D eigenvalue weighted by molar-refractivity contribution is 5.93. The van der Waals surface area contributed by atoms with Gasteiger partial charge in [-0.1, -0.05) is 50.3 Å². The molecule has 7 heteroatoms. The largest absolute Gasteiger partial charge is 0.508 e. The lowest BCUT2D eigenvalue weighted by Crippen LogP contribution is -2.42. The molecule has 2 aromatic heterocycles. The second-order valence-electron chi connectivity index (χ2n) is 9.95. The number of aromatic hydroxyl groups is 1. The van der Waals surface area contributed by atoms with Gasteiger partial charge >= 0.3 is 5.97 Å². The average Bonchev–Trinajstić information content (AvgIpc) is 3.57. The number of benzene rings is 1. The van der Waals surface area contributed by atoms with E-state index in [9.17, 15) is 19.8 Å². The fourth-order valence-corrected chi connectivity index (χ4v) is 5.37. The lowest BCUT2D eigenvalue weighted by molar-refractivity contribution is -0.139. The predicted octanol–water partition coefficient (Wildman–Crippen LogP) is 4.64. The van der Waals surface area contributed by atoms with Crippen molar-refractivity contribution < 1.29 is 19.8 Å². The van der Waals surface area contributed by atoms with Gasteiger partial charge in [0.25, 0.3) is 5.91 Å². The summed E-state index contributed by atoms with van der Waals surface area (Å²) in [5, 5.41) is 22.6. The smallest absolute Gasteiger partial charge is 0.312 e. The van der Waals surface area contributed by atoms with Crippen LogP contribution in [0.1, 0.15) is 79.0 Å². The molecule has 3 aromatic rings. The van der Waals surface area contributed by atoms with Gasteiger partial charge in [-0.15, -0.1) is 0 Å². The molecule has 2 saturated carbocycles. The van der Waals surface area contributed by atoms with E-state index < -0.39 is 11.9 Å². The minimum Gasteiger partial charge on any atom is -0.508 e. The van der Waals surface area contributed by atoms with E-state index in [1.165, 1.54) is 6.42 Å². The summed E-state index contributed by atoms with van der Waals surface area (Å²) in [7, 11) is 0. The topological polar surface area (TPSA) is 104 Å². The van der Waals surface area contributed by atoms with Crippen molar-refractivity contribution in [1.82, 2.24) is 14.7 Å². The molecular weight excluding hydrogens is 430 g/mol. The van der Waals surface area contributed by atoms with Crippen LogP contribution in [0.3, 0.4) is 0 Å². The maximum Gasteiger partial charge on any atom is 0.312 e. The number of amides is 1. The van der Waals surface area contributed by atoms with Crippen LogP contribution in [-0.4, -0.2) is 38.0 Å². The Hall–Kier alpha value is -3.35. The second-order valence-corrected chi connectivity index (χ2v) is 9.95. The molecule has 0 aliphatic heterocycles. The van der Waals surface area contributed by atoms with E-state index in [4.69, 9.17) is 0 Å². The number of carboxylic acids is 1. The van der Waals surface area contributed by atoms with E-state index in [2.05, 4.69) is 10.3 Å². The summed E-state index contributed by atoms with van der Waals surface area (Å²) in [6.45, 7) is 0.508. The summed E-state index contributed by atoms with van der Waals surface area (Å²) in [5.74, 6) is -1.02. The fourth-order valence-electron chi connectivity index (χ4n) is 5.37. The molecule has 0 spiro atoms. The number of nitrogens with one attached hydrogen (secondary N) is 1. The highest BCUT2D eigenvalue weighted by Crippen LogP contribution is 2.40. The van der Waals surface area contributed by atoms with Crippen LogP contribution in [0.4, 0.5) is 0 Å². The highest BCUT2D eigenvalue weighted by atomic mass is 16.4. The first-order valence-electron chi connectivity index (χ1n) is 12.2. The molecule has 0 bridgehead atoms. The minimum atomic E-state index is -0.866. The van der Waals surface area contributed by atoms with Crippen molar-refractivity contribution >= 4 is 17.5 Å². The maximum absolute atomic E-state index is 13.3. The third-order valence-corrected chi connectivity index (χ3v) is 7.54. The number of aromatic nitrogens is 2. The van der Waals surface area contributed by atoms with Gasteiger partial charge in [-0.2, -0.15) is 0 Å². The normalized spacial score (nSPS) is 18.5. The molecule has 2 aliphatic carbocycles. The number of carbonyl (C=O) groups excluding carboxylic acids is 1. The second kappa shape index (κ2) is 9.12. The van der Waals surface area contributed by atoms with E-state index >= 15 is 0 Å². The molecule has 34 heavy (non-hydrogen) atoms. The first kappa shape index (κ1) is 22.4. The number of aliphatic carboxylic acids is 1. The Bertz CT molecular complexity index is 1190. The van der Waals surface area contributed by atoms with Crippen molar-refractivity contribution in [3.63, 3.8) is 0 Å². The van der Waals surface area contributed by atoms with Crippen molar-refractivity contribution in [2.45, 2.75) is 62.7 Å². The third kappa shape index (κ3) is 4.52. The van der Waals surface area contributed by atoms with Crippen molar-refractivity contribution in [1.29, 1.82) is 0 Å². The van der Waals surface area contributed by atoms with Crippen LogP contribution < -0.4 is 5.32 Å². The van der Waals surface area contributed by atoms with Crippen LogP contribution in [0.15, 0.2) is 48.7 Å². The Morgan fingerprint density at radius 2 is 1.82 bits per heavy atom. The zero-order valence-corrected chi connectivity index (χ0v) is 19.2. The van der Waals surface area contributed by atoms with E-state index in [0.717, 1.165) is 44.1 Å². The minimum absolute atomic E-state index is 0.158. The molecule has 178 valence electrons. The molecule has 0 radical (unpaired) electrons. The number of phenols is 1. The Morgan fingerprint density at radius 3 is 2.50 bits per heavy atom. The summed E-state index contributed by atoms with van der Waals surface area (Å²) < 4.78 is 1.71. The highest BCUT2D eigenvalue weighted by Gasteiger charge is 2.35. The Kier molecular flexibility index (Phi) is 6.02. The number of imidazole rings is 1. The predicted molar refractivity (Wildman–Crippen MR) is 128 cm³/mol. The van der Waals surface area contributed by atoms with Gasteiger partial charge in [-0.25, -0.2) is 4.98 Å². The molecule has 5 rings (SSSR count). The lowest BCUT2D eigenvalue weighted by atomic mass is 9.69. The quantitative estimate of drug-likeness (QED) is 0.453. The van der Waals surface area contributed by atoms with Gasteiger partial charge < -0.3 is 15.5 Å². The van der Waals surface area contributed by atoms with Crippen LogP contribution in [0.25, 0.3) is 5.65 Å². The summed E-state index contributed by atoms with van der Waals surface area (Å²) in [6, 6.07) is 12.7. The third-order valence-electron chi connectivity index (χ3n) is 7.54. The molecule has 0 saturated heterocycles. The van der Waals surface area contributed by atoms with Crippen LogP contribution in [-0.2, 0) is 10.2 Å². The van der Waals surface area contributed by atoms with Crippen molar-refractivity contribution in [2.24, 2.45) is 5.92 Å². The lowest BCUT2D eigenvalue weighted by Gasteiger charge is -2.38. The molecule has 2 heterocycles. The van der Waals surface area contributed by atoms with Gasteiger partial charge in [0.1, 0.15) is 23.0 Å². The standard InChI is InChI=1S/C27H31N3O4/c31-20-11-9-19(10-12-20)27(13-2-1-3-14-27)17-28-25(32)23-5-4-6-24-29-22(16-30(23)24)21(26(33)34)15-18-7-8-18/h4-6,9-12,16,18,21,31H,1-3,7-8,13-15,17H2,(H,28,32)(H,33,34). The SMILES string of the molecule is O=C(NCC1(c2ccc(O)cc2)CCCCC1)c1cccc2nc(C(CC3CC3)C(=O)O)cn12. The maximum atomic E-state index is 13.3. The van der Waals surface area contributed by atoms with Gasteiger partial charge in [-0.3, -0.25) is 14.0 Å². The summed E-state index contributed by atoms with van der Waals surface area (Å²) >= 11 is 0. The Morgan fingerprint density at radius 1 is 1.09 bits per heavy atom. The molecule has 1 atom stereocenters. The van der Waals surface area contributed by atoms with Gasteiger partial charge in [0.15, 0.2) is 0 Å². The average molecular weight is 462 g/mol. The molecule has 2 fully saturated rings. The number of pyridine rings is 1. The van der Waals surface area contributed by atoms with Gasteiger partial charge in [0, 0.05) is 18.2 Å². The number of rotatable bonds is 8. The number of phenolic OH excluding ortho intramolecular Hbond substituents is 1.